The number of carbonyl (C=O) groups is 2. The van der Waals surface area contributed by atoms with Crippen molar-refractivity contribution in [2.24, 2.45) is 0 Å². The zero-order valence-electron chi connectivity index (χ0n) is 8.92. The fourth-order valence-corrected chi connectivity index (χ4v) is 1.38. The minimum absolute atomic E-state index is 0.119. The second-order valence-corrected chi connectivity index (χ2v) is 3.63. The van der Waals surface area contributed by atoms with Gasteiger partial charge in [-0.1, -0.05) is 23.7 Å². The summed E-state index contributed by atoms with van der Waals surface area (Å²) < 4.78 is 0. The van der Waals surface area contributed by atoms with Crippen LogP contribution in [0.5, 0.6) is 0 Å². The molecule has 0 heterocycles. The number of halogens is 1. The largest absolute Gasteiger partial charge is 0.355 e. The summed E-state index contributed by atoms with van der Waals surface area (Å²) >= 11 is 5.85. The van der Waals surface area contributed by atoms with E-state index >= 15 is 0 Å². The van der Waals surface area contributed by atoms with Crippen molar-refractivity contribution in [1.82, 2.24) is 10.6 Å². The Morgan fingerprint density at radius 2 is 1.81 bits per heavy atom. The summed E-state index contributed by atoms with van der Waals surface area (Å²) in [6, 6.07) is 6.81. The summed E-state index contributed by atoms with van der Waals surface area (Å²) in [7, 11) is 0. The molecule has 0 unspecified atom stereocenters. The predicted octanol–water partition coefficient (Wildman–Crippen LogP) is 1.21. The van der Waals surface area contributed by atoms with E-state index in [-0.39, 0.29) is 11.8 Å². The van der Waals surface area contributed by atoms with Crippen LogP contribution in [0.15, 0.2) is 24.3 Å². The Bertz CT molecular complexity index is 393. The lowest BCUT2D eigenvalue weighted by atomic mass is 10.2. The van der Waals surface area contributed by atoms with E-state index in [2.05, 4.69) is 10.6 Å². The van der Waals surface area contributed by atoms with E-state index in [1.165, 1.54) is 6.92 Å². The molecule has 86 valence electrons. The molecule has 0 bridgehead atoms. The molecule has 2 N–H and O–H groups in total. The Morgan fingerprint density at radius 3 is 2.44 bits per heavy atom. The first-order valence-corrected chi connectivity index (χ1v) is 5.26. The molecule has 0 spiro atoms. The van der Waals surface area contributed by atoms with Crippen molar-refractivity contribution < 1.29 is 9.59 Å². The highest BCUT2D eigenvalue weighted by molar-refractivity contribution is 6.33. The van der Waals surface area contributed by atoms with Crippen molar-refractivity contribution in [2.75, 3.05) is 13.1 Å². The molecule has 0 aliphatic carbocycles. The summed E-state index contributed by atoms with van der Waals surface area (Å²) in [6.45, 7) is 2.21. The van der Waals surface area contributed by atoms with Gasteiger partial charge >= 0.3 is 0 Å². The fourth-order valence-electron chi connectivity index (χ4n) is 1.16. The highest BCUT2D eigenvalue weighted by Gasteiger charge is 2.07. The number of rotatable bonds is 4. The standard InChI is InChI=1S/C11H13ClN2O2/c1-8(15)13-6-7-14-11(16)9-4-2-3-5-10(9)12/h2-5H,6-7H2,1H3,(H,13,15)(H,14,16). The van der Waals surface area contributed by atoms with Gasteiger partial charge in [0.2, 0.25) is 5.91 Å². The molecule has 0 fully saturated rings. The van der Waals surface area contributed by atoms with Crippen LogP contribution in [0, 0.1) is 0 Å². The summed E-state index contributed by atoms with van der Waals surface area (Å²) in [4.78, 5) is 22.2. The second kappa shape index (κ2) is 6.12. The van der Waals surface area contributed by atoms with Crippen LogP contribution in [0.2, 0.25) is 5.02 Å². The lowest BCUT2D eigenvalue weighted by Crippen LogP contribution is -2.33. The Hall–Kier alpha value is -1.55. The maximum Gasteiger partial charge on any atom is 0.252 e. The van der Waals surface area contributed by atoms with E-state index in [0.717, 1.165) is 0 Å². The third-order valence-corrected chi connectivity index (χ3v) is 2.23. The van der Waals surface area contributed by atoms with Crippen LogP contribution in [-0.2, 0) is 4.79 Å². The van der Waals surface area contributed by atoms with Crippen LogP contribution >= 0.6 is 11.6 Å². The van der Waals surface area contributed by atoms with Gasteiger partial charge in [-0.05, 0) is 12.1 Å². The zero-order chi connectivity index (χ0) is 12.0. The van der Waals surface area contributed by atoms with E-state index in [4.69, 9.17) is 11.6 Å². The highest BCUT2D eigenvalue weighted by Crippen LogP contribution is 2.14. The molecule has 0 saturated heterocycles. The number of hydrogen-bond acceptors (Lipinski definition) is 2. The Labute approximate surface area is 99.0 Å². The first kappa shape index (κ1) is 12.5. The fraction of sp³-hybridized carbons (Fsp3) is 0.273. The monoisotopic (exact) mass is 240 g/mol. The molecule has 0 aromatic heterocycles. The van der Waals surface area contributed by atoms with E-state index in [0.29, 0.717) is 23.7 Å². The van der Waals surface area contributed by atoms with Crippen LogP contribution in [0.3, 0.4) is 0 Å². The predicted molar refractivity (Wildman–Crippen MR) is 62.5 cm³/mol. The second-order valence-electron chi connectivity index (χ2n) is 3.22. The molecule has 0 radical (unpaired) electrons. The van der Waals surface area contributed by atoms with Gasteiger partial charge in [0.15, 0.2) is 0 Å². The van der Waals surface area contributed by atoms with Crippen molar-refractivity contribution in [2.45, 2.75) is 6.92 Å². The minimum Gasteiger partial charge on any atom is -0.355 e. The van der Waals surface area contributed by atoms with E-state index in [1.807, 2.05) is 0 Å². The topological polar surface area (TPSA) is 58.2 Å². The Morgan fingerprint density at radius 1 is 1.19 bits per heavy atom. The Kier molecular flexibility index (Phi) is 4.79. The maximum absolute atomic E-state index is 11.6. The summed E-state index contributed by atoms with van der Waals surface area (Å²) in [5.41, 5.74) is 0.437. The van der Waals surface area contributed by atoms with Crippen molar-refractivity contribution in [3.05, 3.63) is 34.9 Å². The Balaban J connectivity index is 2.41. The molecule has 5 heteroatoms. The quantitative estimate of drug-likeness (QED) is 0.778. The van der Waals surface area contributed by atoms with Crippen molar-refractivity contribution in [3.8, 4) is 0 Å². The van der Waals surface area contributed by atoms with Gasteiger partial charge in [0, 0.05) is 20.0 Å². The minimum atomic E-state index is -0.240. The molecular weight excluding hydrogens is 228 g/mol. The van der Waals surface area contributed by atoms with E-state index < -0.39 is 0 Å². The average Bonchev–Trinajstić information content (AvgIpc) is 2.24. The number of hydrogen-bond donors (Lipinski definition) is 2. The number of nitrogens with one attached hydrogen (secondary N) is 2. The van der Waals surface area contributed by atoms with Gasteiger partial charge in [-0.3, -0.25) is 9.59 Å². The maximum atomic E-state index is 11.6. The van der Waals surface area contributed by atoms with Crippen LogP contribution in [0.4, 0.5) is 0 Å². The summed E-state index contributed by atoms with van der Waals surface area (Å²) in [5, 5.41) is 5.65. The van der Waals surface area contributed by atoms with E-state index in [1.54, 1.807) is 24.3 Å². The number of carbonyl (C=O) groups excluding carboxylic acids is 2. The molecule has 0 saturated carbocycles. The molecule has 1 rings (SSSR count). The highest BCUT2D eigenvalue weighted by atomic mass is 35.5. The van der Waals surface area contributed by atoms with Gasteiger partial charge in [0.25, 0.3) is 5.91 Å². The normalized spacial score (nSPS) is 9.62. The van der Waals surface area contributed by atoms with Gasteiger partial charge in [-0.25, -0.2) is 0 Å². The molecule has 0 aliphatic heterocycles. The average molecular weight is 241 g/mol. The van der Waals surface area contributed by atoms with Gasteiger partial charge in [-0.15, -0.1) is 0 Å². The SMILES string of the molecule is CC(=O)NCCNC(=O)c1ccccc1Cl. The van der Waals surface area contributed by atoms with Crippen molar-refractivity contribution in [1.29, 1.82) is 0 Å². The summed E-state index contributed by atoms with van der Waals surface area (Å²) in [5.74, 6) is -0.358. The first-order chi connectivity index (χ1) is 7.61. The van der Waals surface area contributed by atoms with Gasteiger partial charge in [0.05, 0.1) is 10.6 Å². The van der Waals surface area contributed by atoms with Crippen molar-refractivity contribution in [3.63, 3.8) is 0 Å². The molecule has 16 heavy (non-hydrogen) atoms. The molecular formula is C11H13ClN2O2. The van der Waals surface area contributed by atoms with Crippen LogP contribution < -0.4 is 10.6 Å². The van der Waals surface area contributed by atoms with E-state index in [9.17, 15) is 9.59 Å². The van der Waals surface area contributed by atoms with Crippen LogP contribution in [-0.4, -0.2) is 24.9 Å². The molecule has 4 nitrogen and oxygen atoms in total. The zero-order valence-corrected chi connectivity index (χ0v) is 9.67. The molecule has 0 atom stereocenters. The van der Waals surface area contributed by atoms with Gasteiger partial charge in [0.1, 0.15) is 0 Å². The van der Waals surface area contributed by atoms with Crippen molar-refractivity contribution >= 4 is 23.4 Å². The molecule has 1 aromatic rings. The smallest absolute Gasteiger partial charge is 0.252 e. The van der Waals surface area contributed by atoms with Crippen LogP contribution in [0.1, 0.15) is 17.3 Å². The van der Waals surface area contributed by atoms with Gasteiger partial charge in [-0.2, -0.15) is 0 Å². The first-order valence-electron chi connectivity index (χ1n) is 4.88. The molecule has 0 aliphatic rings. The number of amides is 2. The summed E-state index contributed by atoms with van der Waals surface area (Å²) in [6.07, 6.45) is 0. The lowest BCUT2D eigenvalue weighted by molar-refractivity contribution is -0.118. The third-order valence-electron chi connectivity index (χ3n) is 1.90. The lowest BCUT2D eigenvalue weighted by Gasteiger charge is -2.06. The number of benzene rings is 1. The van der Waals surface area contributed by atoms with Gasteiger partial charge < -0.3 is 10.6 Å². The molecule has 1 aromatic carbocycles. The van der Waals surface area contributed by atoms with Crippen LogP contribution in [0.25, 0.3) is 0 Å². The molecule has 2 amide bonds. The third kappa shape index (κ3) is 3.90.